The number of amides is 1. The van der Waals surface area contributed by atoms with Gasteiger partial charge in [-0.15, -0.1) is 0 Å². The number of piperidine rings is 1. The number of aromatic nitrogens is 2. The number of carbonyl (C=O) groups excluding carboxylic acids is 1. The molecule has 0 saturated carbocycles. The summed E-state index contributed by atoms with van der Waals surface area (Å²) in [6.07, 6.45) is 4.83. The Balaban J connectivity index is 1.35. The van der Waals surface area contributed by atoms with Crippen LogP contribution in [0.2, 0.25) is 0 Å². The van der Waals surface area contributed by atoms with Crippen LogP contribution in [0.15, 0.2) is 61.3 Å². The second kappa shape index (κ2) is 14.0. The number of para-hydroxylation sites is 2. The third-order valence-electron chi connectivity index (χ3n) is 7.50. The average Bonchev–Trinajstić information content (AvgIpc) is 3.03. The number of nitriles is 1. The second-order valence-electron chi connectivity index (χ2n) is 10.8. The maximum Gasteiger partial charge on any atom is 0.247 e. The number of hydrogen-bond acceptors (Lipinski definition) is 10. The molecule has 0 bridgehead atoms. The van der Waals surface area contributed by atoms with E-state index >= 15 is 0 Å². The Bertz CT molecular complexity index is 1470. The Hall–Kier alpha value is -4.66. The fourth-order valence-corrected chi connectivity index (χ4v) is 5.35. The van der Waals surface area contributed by atoms with Gasteiger partial charge in [0.2, 0.25) is 11.9 Å². The number of ether oxygens (including phenoxy) is 2. The topological polar surface area (TPSA) is 128 Å². The van der Waals surface area contributed by atoms with Gasteiger partial charge in [0.15, 0.2) is 5.82 Å². The molecule has 2 aliphatic heterocycles. The molecular weight excluding hydrogens is 544 g/mol. The summed E-state index contributed by atoms with van der Waals surface area (Å²) < 4.78 is 11.4. The second-order valence-corrected chi connectivity index (χ2v) is 10.8. The minimum atomic E-state index is -0.323. The molecule has 3 aromatic rings. The Kier molecular flexibility index (Phi) is 9.71. The minimum Gasteiger partial charge on any atom is -0.489 e. The lowest BCUT2D eigenvalue weighted by Crippen LogP contribution is -2.49. The van der Waals surface area contributed by atoms with Crippen molar-refractivity contribution in [2.45, 2.75) is 38.8 Å². The number of anilines is 6. The molecule has 3 N–H and O–H groups in total. The van der Waals surface area contributed by atoms with Crippen molar-refractivity contribution < 1.29 is 14.3 Å². The molecule has 43 heavy (non-hydrogen) atoms. The predicted molar refractivity (Wildman–Crippen MR) is 168 cm³/mol. The zero-order valence-electron chi connectivity index (χ0n) is 24.7. The van der Waals surface area contributed by atoms with Crippen molar-refractivity contribution in [2.24, 2.45) is 0 Å². The highest BCUT2D eigenvalue weighted by atomic mass is 16.5. The van der Waals surface area contributed by atoms with E-state index in [1.54, 1.807) is 0 Å². The van der Waals surface area contributed by atoms with Crippen molar-refractivity contribution in [3.8, 4) is 11.8 Å². The average molecular weight is 583 g/mol. The first-order valence-electron chi connectivity index (χ1n) is 14.6. The standard InChI is InChI=1S/C32H38N8O3/c1-4-30(41)35-28-19-25(39-13-11-24(12-14-39)40-15-17-42-18-16-40)9-10-26(28)37-32-34-21-23(20-33)31(38-32)36-27-7-5-6-8-29(27)43-22(2)3/h4-10,19,21-22,24H,1,11-18H2,2-3H3,(H,35,41)(H2,34,36,37,38). The normalized spacial score (nSPS) is 15.9. The Labute approximate surface area is 252 Å². The van der Waals surface area contributed by atoms with Crippen LogP contribution in [-0.2, 0) is 9.53 Å². The van der Waals surface area contributed by atoms with Crippen LogP contribution in [0.4, 0.5) is 34.5 Å². The third kappa shape index (κ3) is 7.60. The van der Waals surface area contributed by atoms with E-state index in [4.69, 9.17) is 9.47 Å². The number of benzene rings is 2. The molecule has 0 atom stereocenters. The molecule has 11 heteroatoms. The van der Waals surface area contributed by atoms with E-state index in [1.807, 2.05) is 56.3 Å². The molecule has 2 aromatic carbocycles. The van der Waals surface area contributed by atoms with Crippen molar-refractivity contribution >= 4 is 40.4 Å². The molecule has 2 fully saturated rings. The molecule has 5 rings (SSSR count). The van der Waals surface area contributed by atoms with Crippen LogP contribution >= 0.6 is 0 Å². The van der Waals surface area contributed by atoms with Gasteiger partial charge in [-0.3, -0.25) is 9.69 Å². The number of hydrogen-bond donors (Lipinski definition) is 3. The Morgan fingerprint density at radius 2 is 1.86 bits per heavy atom. The van der Waals surface area contributed by atoms with Crippen molar-refractivity contribution in [2.75, 3.05) is 60.2 Å². The molecule has 0 spiro atoms. The monoisotopic (exact) mass is 582 g/mol. The van der Waals surface area contributed by atoms with Crippen LogP contribution in [0.1, 0.15) is 32.3 Å². The smallest absolute Gasteiger partial charge is 0.247 e. The van der Waals surface area contributed by atoms with Gasteiger partial charge in [-0.05, 0) is 63.1 Å². The van der Waals surface area contributed by atoms with Crippen LogP contribution in [0.5, 0.6) is 5.75 Å². The van der Waals surface area contributed by atoms with Crippen LogP contribution in [0.25, 0.3) is 0 Å². The van der Waals surface area contributed by atoms with Gasteiger partial charge < -0.3 is 30.3 Å². The van der Waals surface area contributed by atoms with E-state index in [-0.39, 0.29) is 23.5 Å². The maximum absolute atomic E-state index is 12.4. The fourth-order valence-electron chi connectivity index (χ4n) is 5.35. The van der Waals surface area contributed by atoms with E-state index in [1.165, 1.54) is 12.3 Å². The van der Waals surface area contributed by atoms with Gasteiger partial charge in [0.25, 0.3) is 0 Å². The highest BCUT2D eigenvalue weighted by molar-refractivity contribution is 6.02. The molecular formula is C32H38N8O3. The van der Waals surface area contributed by atoms with E-state index in [0.717, 1.165) is 57.9 Å². The summed E-state index contributed by atoms with van der Waals surface area (Å²) in [5.41, 5.74) is 3.17. The van der Waals surface area contributed by atoms with Crippen LogP contribution < -0.4 is 25.6 Å². The highest BCUT2D eigenvalue weighted by Gasteiger charge is 2.26. The van der Waals surface area contributed by atoms with Gasteiger partial charge in [-0.2, -0.15) is 10.2 Å². The van der Waals surface area contributed by atoms with Gasteiger partial charge in [-0.25, -0.2) is 4.98 Å². The van der Waals surface area contributed by atoms with Crippen molar-refractivity contribution in [3.05, 3.63) is 66.9 Å². The summed E-state index contributed by atoms with van der Waals surface area (Å²) in [6.45, 7) is 13.0. The molecule has 2 aliphatic rings. The number of nitrogens with zero attached hydrogens (tertiary/aromatic N) is 5. The summed E-state index contributed by atoms with van der Waals surface area (Å²) in [5.74, 6) is 0.915. The van der Waals surface area contributed by atoms with E-state index in [0.29, 0.717) is 34.7 Å². The van der Waals surface area contributed by atoms with Crippen molar-refractivity contribution in [1.82, 2.24) is 14.9 Å². The van der Waals surface area contributed by atoms with Gasteiger partial charge in [-0.1, -0.05) is 18.7 Å². The lowest BCUT2D eigenvalue weighted by atomic mass is 10.0. The SMILES string of the molecule is C=CC(=O)Nc1cc(N2CCC(N3CCOCC3)CC2)ccc1Nc1ncc(C#N)c(Nc2ccccc2OC(C)C)n1. The summed E-state index contributed by atoms with van der Waals surface area (Å²) >= 11 is 0. The van der Waals surface area contributed by atoms with Gasteiger partial charge in [0.1, 0.15) is 17.4 Å². The first-order chi connectivity index (χ1) is 20.9. The van der Waals surface area contributed by atoms with E-state index in [9.17, 15) is 10.1 Å². The lowest BCUT2D eigenvalue weighted by Gasteiger charge is -2.41. The summed E-state index contributed by atoms with van der Waals surface area (Å²) in [4.78, 5) is 26.2. The molecule has 11 nitrogen and oxygen atoms in total. The number of nitrogens with one attached hydrogen (secondary N) is 3. The molecule has 3 heterocycles. The largest absolute Gasteiger partial charge is 0.489 e. The molecule has 0 aliphatic carbocycles. The Morgan fingerprint density at radius 3 is 2.58 bits per heavy atom. The number of carbonyl (C=O) groups is 1. The third-order valence-corrected chi connectivity index (χ3v) is 7.50. The summed E-state index contributed by atoms with van der Waals surface area (Å²) in [7, 11) is 0. The Morgan fingerprint density at radius 1 is 1.09 bits per heavy atom. The summed E-state index contributed by atoms with van der Waals surface area (Å²) in [5, 5.41) is 19.1. The van der Waals surface area contributed by atoms with Gasteiger partial charge in [0, 0.05) is 37.9 Å². The zero-order valence-corrected chi connectivity index (χ0v) is 24.7. The molecule has 0 radical (unpaired) electrons. The number of rotatable bonds is 10. The van der Waals surface area contributed by atoms with Crippen molar-refractivity contribution in [1.29, 1.82) is 5.26 Å². The van der Waals surface area contributed by atoms with E-state index < -0.39 is 0 Å². The molecule has 0 unspecified atom stereocenters. The first-order valence-corrected chi connectivity index (χ1v) is 14.6. The molecule has 1 aromatic heterocycles. The molecule has 1 amide bonds. The van der Waals surface area contributed by atoms with Gasteiger partial charge in [0.05, 0.1) is 42.6 Å². The molecule has 224 valence electrons. The van der Waals surface area contributed by atoms with Crippen LogP contribution in [0, 0.1) is 11.3 Å². The minimum absolute atomic E-state index is 0.0238. The zero-order chi connectivity index (χ0) is 30.2. The maximum atomic E-state index is 12.4. The van der Waals surface area contributed by atoms with Crippen LogP contribution in [0.3, 0.4) is 0 Å². The summed E-state index contributed by atoms with van der Waals surface area (Å²) in [6, 6.07) is 16.1. The van der Waals surface area contributed by atoms with E-state index in [2.05, 4.69) is 48.4 Å². The predicted octanol–water partition coefficient (Wildman–Crippen LogP) is 5.05. The first kappa shape index (κ1) is 29.8. The quantitative estimate of drug-likeness (QED) is 0.280. The van der Waals surface area contributed by atoms with Crippen LogP contribution in [-0.4, -0.2) is 72.3 Å². The molecule has 2 saturated heterocycles. The van der Waals surface area contributed by atoms with Crippen molar-refractivity contribution in [3.63, 3.8) is 0 Å². The fraction of sp³-hybridized carbons (Fsp3) is 0.375. The highest BCUT2D eigenvalue weighted by Crippen LogP contribution is 2.33. The van der Waals surface area contributed by atoms with Gasteiger partial charge >= 0.3 is 0 Å². The lowest BCUT2D eigenvalue weighted by molar-refractivity contribution is -0.111. The number of morpholine rings is 1.